The van der Waals surface area contributed by atoms with Crippen LogP contribution in [-0.4, -0.2) is 0 Å². The second-order valence-corrected chi connectivity index (χ2v) is 6.01. The monoisotopic (exact) mass is 333 g/mol. The fourth-order valence-corrected chi connectivity index (χ4v) is 2.81. The van der Waals surface area contributed by atoms with E-state index < -0.39 is 0 Å². The van der Waals surface area contributed by atoms with Crippen LogP contribution in [0.25, 0.3) is 0 Å². The standard InChI is InChI=1S/C12H17Br2N/c1-8(2)3-6-12(15)10-5-4-9(13)7-11(10)14/h4-5,7-8,12H,3,6,15H2,1-2H3. The van der Waals surface area contributed by atoms with Gasteiger partial charge in [0.25, 0.3) is 0 Å². The molecule has 2 N–H and O–H groups in total. The van der Waals surface area contributed by atoms with Crippen LogP contribution >= 0.6 is 31.9 Å². The van der Waals surface area contributed by atoms with Crippen LogP contribution in [0, 0.1) is 5.92 Å². The van der Waals surface area contributed by atoms with Crippen molar-refractivity contribution in [2.45, 2.75) is 32.7 Å². The summed E-state index contributed by atoms with van der Waals surface area (Å²) >= 11 is 6.98. The molecule has 0 saturated carbocycles. The van der Waals surface area contributed by atoms with Gasteiger partial charge in [-0.2, -0.15) is 0 Å². The molecule has 0 bridgehead atoms. The lowest BCUT2D eigenvalue weighted by atomic mass is 9.98. The molecule has 0 fully saturated rings. The second-order valence-electron chi connectivity index (χ2n) is 4.24. The van der Waals surface area contributed by atoms with E-state index in [9.17, 15) is 0 Å². The summed E-state index contributed by atoms with van der Waals surface area (Å²) in [5, 5.41) is 0. The van der Waals surface area contributed by atoms with Gasteiger partial charge in [0.05, 0.1) is 0 Å². The molecule has 1 nitrogen and oxygen atoms in total. The summed E-state index contributed by atoms with van der Waals surface area (Å²) in [6.45, 7) is 4.45. The Bertz CT molecular complexity index is 323. The highest BCUT2D eigenvalue weighted by atomic mass is 79.9. The van der Waals surface area contributed by atoms with E-state index in [1.807, 2.05) is 12.1 Å². The van der Waals surface area contributed by atoms with Crippen molar-refractivity contribution in [3.05, 3.63) is 32.7 Å². The van der Waals surface area contributed by atoms with Gasteiger partial charge in [-0.15, -0.1) is 0 Å². The molecule has 0 aliphatic heterocycles. The van der Waals surface area contributed by atoms with E-state index in [0.29, 0.717) is 5.92 Å². The van der Waals surface area contributed by atoms with Crippen molar-refractivity contribution in [3.8, 4) is 0 Å². The molecule has 1 aromatic carbocycles. The van der Waals surface area contributed by atoms with E-state index in [0.717, 1.165) is 15.4 Å². The minimum atomic E-state index is 0.134. The quantitative estimate of drug-likeness (QED) is 0.852. The number of benzene rings is 1. The minimum absolute atomic E-state index is 0.134. The van der Waals surface area contributed by atoms with Crippen molar-refractivity contribution in [1.29, 1.82) is 0 Å². The van der Waals surface area contributed by atoms with Gasteiger partial charge in [-0.1, -0.05) is 51.8 Å². The van der Waals surface area contributed by atoms with Gasteiger partial charge in [-0.3, -0.25) is 0 Å². The highest BCUT2D eigenvalue weighted by molar-refractivity contribution is 9.11. The third-order valence-electron chi connectivity index (χ3n) is 2.42. The molecule has 1 atom stereocenters. The lowest BCUT2D eigenvalue weighted by molar-refractivity contribution is 0.506. The zero-order chi connectivity index (χ0) is 11.4. The van der Waals surface area contributed by atoms with Crippen LogP contribution in [0.4, 0.5) is 0 Å². The van der Waals surface area contributed by atoms with Crippen molar-refractivity contribution in [2.24, 2.45) is 11.7 Å². The zero-order valence-electron chi connectivity index (χ0n) is 9.13. The van der Waals surface area contributed by atoms with Crippen LogP contribution in [-0.2, 0) is 0 Å². The highest BCUT2D eigenvalue weighted by Gasteiger charge is 2.10. The zero-order valence-corrected chi connectivity index (χ0v) is 12.3. The van der Waals surface area contributed by atoms with Gasteiger partial charge in [0, 0.05) is 15.0 Å². The molecule has 84 valence electrons. The number of hydrogen-bond donors (Lipinski definition) is 1. The fourth-order valence-electron chi connectivity index (χ4n) is 1.47. The molecule has 0 heterocycles. The molecule has 1 unspecified atom stereocenters. The van der Waals surface area contributed by atoms with Gasteiger partial charge in [-0.25, -0.2) is 0 Å². The van der Waals surface area contributed by atoms with E-state index in [4.69, 9.17) is 5.73 Å². The van der Waals surface area contributed by atoms with E-state index in [2.05, 4.69) is 51.8 Å². The van der Waals surface area contributed by atoms with Crippen molar-refractivity contribution >= 4 is 31.9 Å². The van der Waals surface area contributed by atoms with Crippen molar-refractivity contribution in [1.82, 2.24) is 0 Å². The minimum Gasteiger partial charge on any atom is -0.324 e. The smallest absolute Gasteiger partial charge is 0.0306 e. The summed E-state index contributed by atoms with van der Waals surface area (Å²) in [7, 11) is 0. The molecule has 0 saturated heterocycles. The molecule has 1 aromatic rings. The first kappa shape index (κ1) is 13.2. The summed E-state index contributed by atoms with van der Waals surface area (Å²) in [5.41, 5.74) is 7.34. The summed E-state index contributed by atoms with van der Waals surface area (Å²) < 4.78 is 2.17. The maximum atomic E-state index is 6.15. The Labute approximate surface area is 109 Å². The average Bonchev–Trinajstić information content (AvgIpc) is 2.14. The second kappa shape index (κ2) is 6.02. The van der Waals surface area contributed by atoms with Crippen LogP contribution < -0.4 is 5.73 Å². The van der Waals surface area contributed by atoms with E-state index >= 15 is 0 Å². The first-order chi connectivity index (χ1) is 7.00. The third kappa shape index (κ3) is 4.25. The number of halogens is 2. The van der Waals surface area contributed by atoms with Crippen molar-refractivity contribution in [3.63, 3.8) is 0 Å². The summed E-state index contributed by atoms with van der Waals surface area (Å²) in [6, 6.07) is 6.30. The predicted octanol–water partition coefficient (Wildman–Crippen LogP) is 4.65. The lowest BCUT2D eigenvalue weighted by Gasteiger charge is -2.15. The first-order valence-electron chi connectivity index (χ1n) is 5.21. The SMILES string of the molecule is CC(C)CCC(N)c1ccc(Br)cc1Br. The van der Waals surface area contributed by atoms with Gasteiger partial charge in [0.1, 0.15) is 0 Å². The van der Waals surface area contributed by atoms with Crippen molar-refractivity contribution < 1.29 is 0 Å². The third-order valence-corrected chi connectivity index (χ3v) is 3.60. The Morgan fingerprint density at radius 3 is 2.40 bits per heavy atom. The van der Waals surface area contributed by atoms with Crippen molar-refractivity contribution in [2.75, 3.05) is 0 Å². The normalized spacial score (nSPS) is 13.2. The van der Waals surface area contributed by atoms with Crippen LogP contribution in [0.15, 0.2) is 27.1 Å². The Balaban J connectivity index is 2.69. The Kier molecular flexibility index (Phi) is 5.30. The highest BCUT2D eigenvalue weighted by Crippen LogP contribution is 2.28. The molecule has 0 aliphatic carbocycles. The molecule has 0 amide bonds. The maximum Gasteiger partial charge on any atom is 0.0306 e. The fraction of sp³-hybridized carbons (Fsp3) is 0.500. The molecular weight excluding hydrogens is 318 g/mol. The van der Waals surface area contributed by atoms with Gasteiger partial charge in [0.2, 0.25) is 0 Å². The molecule has 15 heavy (non-hydrogen) atoms. The van der Waals surface area contributed by atoms with Gasteiger partial charge in [-0.05, 0) is 36.5 Å². The molecule has 3 heteroatoms. The Morgan fingerprint density at radius 2 is 1.87 bits per heavy atom. The summed E-state index contributed by atoms with van der Waals surface area (Å²) in [5.74, 6) is 0.713. The average molecular weight is 335 g/mol. The molecule has 0 spiro atoms. The number of rotatable bonds is 4. The van der Waals surface area contributed by atoms with E-state index in [1.165, 1.54) is 12.0 Å². The Hall–Kier alpha value is 0.140. The van der Waals surface area contributed by atoms with Gasteiger partial charge >= 0.3 is 0 Å². The topological polar surface area (TPSA) is 26.0 Å². The van der Waals surface area contributed by atoms with Crippen LogP contribution in [0.5, 0.6) is 0 Å². The van der Waals surface area contributed by atoms with Gasteiger partial charge in [0.15, 0.2) is 0 Å². The summed E-state index contributed by atoms with van der Waals surface area (Å²) in [4.78, 5) is 0. The molecule has 0 aliphatic rings. The van der Waals surface area contributed by atoms with E-state index in [-0.39, 0.29) is 6.04 Å². The molecule has 0 aromatic heterocycles. The predicted molar refractivity (Wildman–Crippen MR) is 72.8 cm³/mol. The van der Waals surface area contributed by atoms with Crippen LogP contribution in [0.1, 0.15) is 38.3 Å². The molecule has 1 rings (SSSR count). The maximum absolute atomic E-state index is 6.15. The summed E-state index contributed by atoms with van der Waals surface area (Å²) in [6.07, 6.45) is 2.21. The number of nitrogens with two attached hydrogens (primary N) is 1. The molecule has 0 radical (unpaired) electrons. The van der Waals surface area contributed by atoms with Gasteiger partial charge < -0.3 is 5.73 Å². The first-order valence-corrected chi connectivity index (χ1v) is 6.80. The van der Waals surface area contributed by atoms with Crippen LogP contribution in [0.3, 0.4) is 0 Å². The molecular formula is C12H17Br2N. The van der Waals surface area contributed by atoms with E-state index in [1.54, 1.807) is 0 Å². The Morgan fingerprint density at radius 1 is 1.20 bits per heavy atom. The van der Waals surface area contributed by atoms with Crippen LogP contribution in [0.2, 0.25) is 0 Å². The largest absolute Gasteiger partial charge is 0.324 e. The number of hydrogen-bond acceptors (Lipinski definition) is 1. The lowest BCUT2D eigenvalue weighted by Crippen LogP contribution is -2.11.